The molecule has 4 aromatic rings. The minimum absolute atomic E-state index is 0.0818. The number of aromatic nitrogens is 1. The third-order valence-electron chi connectivity index (χ3n) is 5.80. The van der Waals surface area contributed by atoms with E-state index in [9.17, 15) is 14.7 Å². The largest absolute Gasteiger partial charge is 0.492 e. The van der Waals surface area contributed by atoms with Crippen molar-refractivity contribution in [1.82, 2.24) is 9.47 Å². The zero-order chi connectivity index (χ0) is 24.1. The Kier molecular flexibility index (Phi) is 7.09. The van der Waals surface area contributed by atoms with Crippen molar-refractivity contribution in [3.8, 4) is 5.75 Å². The van der Waals surface area contributed by atoms with Crippen LogP contribution in [0.5, 0.6) is 5.75 Å². The van der Waals surface area contributed by atoms with Crippen LogP contribution < -0.4 is 4.74 Å². The number of carbonyl (C=O) groups is 2. The van der Waals surface area contributed by atoms with E-state index in [1.54, 1.807) is 41.0 Å². The first-order chi connectivity index (χ1) is 16.4. The molecular formula is C28H28N2O4. The number of carboxylic acids is 1. The number of fused-ring (bicyclic) bond motifs is 1. The van der Waals surface area contributed by atoms with Gasteiger partial charge in [0.05, 0.1) is 11.9 Å². The van der Waals surface area contributed by atoms with Crippen LogP contribution in [-0.4, -0.2) is 46.6 Å². The van der Waals surface area contributed by atoms with Crippen molar-refractivity contribution >= 4 is 22.8 Å². The first-order valence-electron chi connectivity index (χ1n) is 11.2. The molecule has 0 saturated carbocycles. The highest BCUT2D eigenvalue weighted by molar-refractivity contribution is 6.04. The normalized spacial score (nSPS) is 11.1. The lowest BCUT2D eigenvalue weighted by atomic mass is 10.1. The van der Waals surface area contributed by atoms with Gasteiger partial charge in [0, 0.05) is 29.7 Å². The standard InChI is InChI=1S/C28H28N2O4/c1-20-17-25-23(18-27(31)32)9-6-10-26(25)30(20)28(33)22-11-13-24(14-12-22)34-16-15-29(2)19-21-7-4-3-5-8-21/h3-14,17H,15-16,18-19H2,1-2H3,(H,31,32). The molecule has 3 aromatic carbocycles. The van der Waals surface area contributed by atoms with Crippen LogP contribution in [0.3, 0.4) is 0 Å². The lowest BCUT2D eigenvalue weighted by Crippen LogP contribution is -2.23. The highest BCUT2D eigenvalue weighted by Gasteiger charge is 2.17. The summed E-state index contributed by atoms with van der Waals surface area (Å²) in [5, 5.41) is 9.97. The number of benzene rings is 3. The number of hydrogen-bond acceptors (Lipinski definition) is 4. The van der Waals surface area contributed by atoms with Crippen LogP contribution in [0.15, 0.2) is 78.9 Å². The number of nitrogens with zero attached hydrogens (tertiary/aromatic N) is 2. The second kappa shape index (κ2) is 10.4. The number of carbonyl (C=O) groups excluding carboxylic acids is 1. The molecule has 0 radical (unpaired) electrons. The van der Waals surface area contributed by atoms with Crippen molar-refractivity contribution in [1.29, 1.82) is 0 Å². The Hall–Kier alpha value is -3.90. The summed E-state index contributed by atoms with van der Waals surface area (Å²) < 4.78 is 7.51. The zero-order valence-corrected chi connectivity index (χ0v) is 19.4. The summed E-state index contributed by atoms with van der Waals surface area (Å²) in [4.78, 5) is 26.7. The zero-order valence-electron chi connectivity index (χ0n) is 19.4. The number of rotatable bonds is 9. The fourth-order valence-electron chi connectivity index (χ4n) is 4.13. The van der Waals surface area contributed by atoms with Crippen molar-refractivity contribution < 1.29 is 19.4 Å². The van der Waals surface area contributed by atoms with Crippen molar-refractivity contribution in [3.05, 3.63) is 101 Å². The molecular weight excluding hydrogens is 428 g/mol. The Morgan fingerprint density at radius 3 is 2.41 bits per heavy atom. The van der Waals surface area contributed by atoms with E-state index in [4.69, 9.17) is 4.74 Å². The Bertz CT molecular complexity index is 1290. The molecule has 1 heterocycles. The first-order valence-corrected chi connectivity index (χ1v) is 11.2. The maximum absolute atomic E-state index is 13.3. The molecule has 0 spiro atoms. The molecule has 0 amide bonds. The van der Waals surface area contributed by atoms with Gasteiger partial charge in [0.1, 0.15) is 12.4 Å². The molecule has 0 atom stereocenters. The molecule has 0 bridgehead atoms. The van der Waals surface area contributed by atoms with E-state index < -0.39 is 5.97 Å². The van der Waals surface area contributed by atoms with Gasteiger partial charge in [-0.15, -0.1) is 0 Å². The summed E-state index contributed by atoms with van der Waals surface area (Å²) >= 11 is 0. The average Bonchev–Trinajstić information content (AvgIpc) is 3.16. The molecule has 34 heavy (non-hydrogen) atoms. The van der Waals surface area contributed by atoms with Gasteiger partial charge >= 0.3 is 5.97 Å². The summed E-state index contributed by atoms with van der Waals surface area (Å²) in [6.07, 6.45) is -0.0818. The Morgan fingerprint density at radius 1 is 0.971 bits per heavy atom. The predicted molar refractivity (Wildman–Crippen MR) is 132 cm³/mol. The Morgan fingerprint density at radius 2 is 1.71 bits per heavy atom. The third kappa shape index (κ3) is 5.35. The number of likely N-dealkylation sites (N-methyl/N-ethyl adjacent to an activating group) is 1. The van der Waals surface area contributed by atoms with Gasteiger partial charge in [-0.2, -0.15) is 0 Å². The highest BCUT2D eigenvalue weighted by Crippen LogP contribution is 2.25. The molecule has 6 nitrogen and oxygen atoms in total. The van der Waals surface area contributed by atoms with E-state index in [-0.39, 0.29) is 12.3 Å². The van der Waals surface area contributed by atoms with Gasteiger partial charge in [0.15, 0.2) is 0 Å². The summed E-state index contributed by atoms with van der Waals surface area (Å²) in [5.41, 5.74) is 3.97. The van der Waals surface area contributed by atoms with Gasteiger partial charge < -0.3 is 9.84 Å². The van der Waals surface area contributed by atoms with Crippen LogP contribution in [0, 0.1) is 6.92 Å². The molecule has 174 valence electrons. The fourth-order valence-corrected chi connectivity index (χ4v) is 4.13. The van der Waals surface area contributed by atoms with Gasteiger partial charge in [-0.25, -0.2) is 0 Å². The van der Waals surface area contributed by atoms with Crippen LogP contribution in [-0.2, 0) is 17.8 Å². The quantitative estimate of drug-likeness (QED) is 0.393. The molecule has 0 fully saturated rings. The molecule has 6 heteroatoms. The second-order valence-corrected chi connectivity index (χ2v) is 8.44. The minimum Gasteiger partial charge on any atom is -0.492 e. The van der Waals surface area contributed by atoms with Gasteiger partial charge in [-0.3, -0.25) is 19.1 Å². The topological polar surface area (TPSA) is 71.8 Å². The smallest absolute Gasteiger partial charge is 0.307 e. The molecule has 0 aliphatic heterocycles. The third-order valence-corrected chi connectivity index (χ3v) is 5.80. The van der Waals surface area contributed by atoms with Crippen LogP contribution in [0.2, 0.25) is 0 Å². The molecule has 0 aliphatic carbocycles. The summed E-state index contributed by atoms with van der Waals surface area (Å²) in [6, 6.07) is 24.7. The number of aliphatic carboxylic acids is 1. The van der Waals surface area contributed by atoms with Crippen molar-refractivity contribution in [3.63, 3.8) is 0 Å². The van der Waals surface area contributed by atoms with Crippen molar-refractivity contribution in [2.45, 2.75) is 19.9 Å². The second-order valence-electron chi connectivity index (χ2n) is 8.44. The van der Waals surface area contributed by atoms with Crippen molar-refractivity contribution in [2.75, 3.05) is 20.2 Å². The maximum Gasteiger partial charge on any atom is 0.307 e. The molecule has 4 rings (SSSR count). The van der Waals surface area contributed by atoms with Crippen LogP contribution in [0.1, 0.15) is 27.2 Å². The molecule has 0 saturated heterocycles. The van der Waals surface area contributed by atoms with Crippen LogP contribution >= 0.6 is 0 Å². The number of aryl methyl sites for hydroxylation is 1. The van der Waals surface area contributed by atoms with Gasteiger partial charge in [-0.1, -0.05) is 42.5 Å². The minimum atomic E-state index is -0.897. The van der Waals surface area contributed by atoms with Crippen LogP contribution in [0.4, 0.5) is 0 Å². The predicted octanol–water partition coefficient (Wildman–Crippen LogP) is 4.78. The van der Waals surface area contributed by atoms with E-state index in [1.807, 2.05) is 37.3 Å². The van der Waals surface area contributed by atoms with E-state index in [1.165, 1.54) is 5.56 Å². The van der Waals surface area contributed by atoms with Crippen molar-refractivity contribution in [2.24, 2.45) is 0 Å². The molecule has 0 aliphatic rings. The molecule has 1 N–H and O–H groups in total. The summed E-state index contributed by atoms with van der Waals surface area (Å²) in [7, 11) is 2.06. The summed E-state index contributed by atoms with van der Waals surface area (Å²) in [5.74, 6) is -0.345. The lowest BCUT2D eigenvalue weighted by Gasteiger charge is -2.17. The number of hydrogen-bond donors (Lipinski definition) is 1. The van der Waals surface area contributed by atoms with Gasteiger partial charge in [-0.05, 0) is 61.5 Å². The van der Waals surface area contributed by atoms with E-state index >= 15 is 0 Å². The van der Waals surface area contributed by atoms with Gasteiger partial charge in [0.2, 0.25) is 0 Å². The lowest BCUT2D eigenvalue weighted by molar-refractivity contribution is -0.136. The molecule has 0 unspecified atom stereocenters. The van der Waals surface area contributed by atoms with E-state index in [2.05, 4.69) is 24.1 Å². The first kappa shape index (κ1) is 23.3. The summed E-state index contributed by atoms with van der Waals surface area (Å²) in [6.45, 7) is 4.04. The highest BCUT2D eigenvalue weighted by atomic mass is 16.5. The fraction of sp³-hybridized carbons (Fsp3) is 0.214. The number of carboxylic acid groups (broad SMARTS) is 1. The Labute approximate surface area is 199 Å². The average molecular weight is 457 g/mol. The van der Waals surface area contributed by atoms with E-state index in [0.29, 0.717) is 29.0 Å². The maximum atomic E-state index is 13.3. The van der Waals surface area contributed by atoms with Crippen LogP contribution in [0.25, 0.3) is 10.9 Å². The van der Waals surface area contributed by atoms with Gasteiger partial charge in [0.25, 0.3) is 5.91 Å². The monoisotopic (exact) mass is 456 g/mol. The Balaban J connectivity index is 1.41. The van der Waals surface area contributed by atoms with E-state index in [0.717, 1.165) is 24.2 Å². The molecule has 1 aromatic heterocycles. The number of ether oxygens (including phenoxy) is 1. The SMILES string of the molecule is Cc1cc2c(CC(=O)O)cccc2n1C(=O)c1ccc(OCCN(C)Cc2ccccc2)cc1.